The minimum atomic E-state index is -3.23. The maximum atomic E-state index is 12.2. The van der Waals surface area contributed by atoms with Gasteiger partial charge in [0.15, 0.2) is 6.29 Å². The van der Waals surface area contributed by atoms with Gasteiger partial charge in [-0.2, -0.15) is 0 Å². The Bertz CT molecular complexity index is 752. The fourth-order valence-corrected chi connectivity index (χ4v) is 4.00. The van der Waals surface area contributed by atoms with Crippen LogP contribution in [0.1, 0.15) is 38.5 Å². The normalized spacial score (nSPS) is 20.3. The number of ether oxygens (including phenoxy) is 3. The van der Waals surface area contributed by atoms with Crippen LogP contribution < -0.4 is 11.2 Å². The average Bonchev–Trinajstić information content (AvgIpc) is 3.07. The van der Waals surface area contributed by atoms with Gasteiger partial charge in [0.05, 0.1) is 26.4 Å². The molecule has 0 aromatic carbocycles. The van der Waals surface area contributed by atoms with Crippen molar-refractivity contribution < 1.29 is 27.8 Å². The van der Waals surface area contributed by atoms with Crippen molar-refractivity contribution in [3.8, 4) is 0 Å². The molecule has 11 heteroatoms. The Kier molecular flexibility index (Phi) is 8.40. The van der Waals surface area contributed by atoms with E-state index in [2.05, 4.69) is 4.98 Å². The summed E-state index contributed by atoms with van der Waals surface area (Å²) in [5.74, 6) is 0. The molecular formula is C16H27N2O8P. The van der Waals surface area contributed by atoms with E-state index in [1.807, 2.05) is 0 Å². The Morgan fingerprint density at radius 3 is 2.59 bits per heavy atom. The van der Waals surface area contributed by atoms with Crippen molar-refractivity contribution in [3.05, 3.63) is 32.6 Å². The molecule has 0 aliphatic carbocycles. The lowest BCUT2D eigenvalue weighted by Crippen LogP contribution is -2.33. The monoisotopic (exact) mass is 406 g/mol. The largest absolute Gasteiger partial charge is 0.366 e. The second-order valence-corrected chi connectivity index (χ2v) is 7.93. The lowest BCUT2D eigenvalue weighted by Gasteiger charge is -2.18. The third-order valence-electron chi connectivity index (χ3n) is 3.85. The molecule has 27 heavy (non-hydrogen) atoms. The summed E-state index contributed by atoms with van der Waals surface area (Å²) < 4.78 is 40.5. The van der Waals surface area contributed by atoms with Gasteiger partial charge in [0.25, 0.3) is 5.56 Å². The van der Waals surface area contributed by atoms with Crippen molar-refractivity contribution >= 4 is 7.60 Å². The van der Waals surface area contributed by atoms with Crippen LogP contribution in [-0.4, -0.2) is 48.6 Å². The molecule has 1 saturated heterocycles. The maximum Gasteiger partial charge on any atom is 0.356 e. The molecule has 1 fully saturated rings. The highest BCUT2D eigenvalue weighted by Gasteiger charge is 2.28. The first kappa shape index (κ1) is 22.0. The number of hydrogen-bond acceptors (Lipinski definition) is 8. The van der Waals surface area contributed by atoms with Gasteiger partial charge in [0.2, 0.25) is 0 Å². The summed E-state index contributed by atoms with van der Waals surface area (Å²) in [6.07, 6.45) is 1.56. The van der Waals surface area contributed by atoms with Crippen LogP contribution in [0.15, 0.2) is 15.8 Å². The van der Waals surface area contributed by atoms with Crippen LogP contribution in [-0.2, 0) is 27.8 Å². The highest BCUT2D eigenvalue weighted by molar-refractivity contribution is 7.53. The van der Waals surface area contributed by atoms with Crippen LogP contribution in [0.4, 0.5) is 0 Å². The second kappa shape index (κ2) is 10.3. The molecule has 0 amide bonds. The molecule has 2 heterocycles. The van der Waals surface area contributed by atoms with Gasteiger partial charge in [-0.3, -0.25) is 18.9 Å². The Labute approximate surface area is 157 Å². The van der Waals surface area contributed by atoms with Crippen LogP contribution >= 0.6 is 7.60 Å². The van der Waals surface area contributed by atoms with Crippen molar-refractivity contribution in [2.45, 2.75) is 46.1 Å². The summed E-state index contributed by atoms with van der Waals surface area (Å²) in [5.41, 5.74) is -0.484. The van der Waals surface area contributed by atoms with E-state index in [0.717, 1.165) is 0 Å². The molecule has 2 atom stereocenters. The fraction of sp³-hybridized carbons (Fsp3) is 0.750. The van der Waals surface area contributed by atoms with Crippen molar-refractivity contribution in [1.29, 1.82) is 0 Å². The van der Waals surface area contributed by atoms with Crippen LogP contribution in [0.25, 0.3) is 0 Å². The van der Waals surface area contributed by atoms with Gasteiger partial charge in [0.1, 0.15) is 12.6 Å². The lowest BCUT2D eigenvalue weighted by molar-refractivity contribution is -0.157. The molecule has 154 valence electrons. The van der Waals surface area contributed by atoms with E-state index in [1.165, 1.54) is 10.8 Å². The first-order valence-electron chi connectivity index (χ1n) is 8.93. The molecule has 1 aromatic rings. The zero-order valence-electron chi connectivity index (χ0n) is 15.8. The Morgan fingerprint density at radius 2 is 1.93 bits per heavy atom. The number of aromatic amines is 1. The van der Waals surface area contributed by atoms with Gasteiger partial charge in [-0.15, -0.1) is 0 Å². The molecular weight excluding hydrogens is 379 g/mol. The van der Waals surface area contributed by atoms with Crippen LogP contribution in [0.2, 0.25) is 0 Å². The molecule has 1 aliphatic heterocycles. The Balaban J connectivity index is 1.74. The number of aryl methyl sites for hydroxylation is 1. The van der Waals surface area contributed by atoms with Crippen LogP contribution in [0, 0.1) is 6.92 Å². The molecule has 1 aromatic heterocycles. The van der Waals surface area contributed by atoms with Crippen molar-refractivity contribution in [2.75, 3.05) is 32.8 Å². The van der Waals surface area contributed by atoms with E-state index in [0.29, 0.717) is 18.4 Å². The molecule has 0 spiro atoms. The topological polar surface area (TPSA) is 118 Å². The SMILES string of the molecule is CCOP(=O)(COCCOC1CCC(n2cc(C)c(=O)[nH]c2=O)O1)OCC. The summed E-state index contributed by atoms with van der Waals surface area (Å²) in [5, 5.41) is 0. The third kappa shape index (κ3) is 6.38. The summed E-state index contributed by atoms with van der Waals surface area (Å²) in [6, 6.07) is 0. The predicted octanol–water partition coefficient (Wildman–Crippen LogP) is 1.74. The fourth-order valence-electron chi connectivity index (χ4n) is 2.64. The van der Waals surface area contributed by atoms with E-state index < -0.39 is 31.4 Å². The van der Waals surface area contributed by atoms with E-state index in [9.17, 15) is 14.2 Å². The molecule has 1 N–H and O–H groups in total. The molecule has 10 nitrogen and oxygen atoms in total. The summed E-state index contributed by atoms with van der Waals surface area (Å²) in [7, 11) is -3.23. The number of aromatic nitrogens is 2. The molecule has 1 aliphatic rings. The maximum absolute atomic E-state index is 12.2. The van der Waals surface area contributed by atoms with Crippen molar-refractivity contribution in [2.24, 2.45) is 0 Å². The molecule has 0 radical (unpaired) electrons. The smallest absolute Gasteiger partial charge is 0.356 e. The van der Waals surface area contributed by atoms with E-state index >= 15 is 0 Å². The summed E-state index contributed by atoms with van der Waals surface area (Å²) in [4.78, 5) is 25.6. The van der Waals surface area contributed by atoms with Gasteiger partial charge < -0.3 is 23.3 Å². The zero-order chi connectivity index (χ0) is 19.9. The molecule has 0 saturated carbocycles. The van der Waals surface area contributed by atoms with Gasteiger partial charge >= 0.3 is 13.3 Å². The van der Waals surface area contributed by atoms with Crippen molar-refractivity contribution in [3.63, 3.8) is 0 Å². The van der Waals surface area contributed by atoms with Gasteiger partial charge in [0, 0.05) is 18.2 Å². The van der Waals surface area contributed by atoms with Crippen LogP contribution in [0.5, 0.6) is 0 Å². The number of hydrogen-bond donors (Lipinski definition) is 1. The molecule has 0 bridgehead atoms. The summed E-state index contributed by atoms with van der Waals surface area (Å²) >= 11 is 0. The zero-order valence-corrected chi connectivity index (χ0v) is 16.7. The number of rotatable bonds is 11. The van der Waals surface area contributed by atoms with Crippen molar-refractivity contribution in [1.82, 2.24) is 9.55 Å². The van der Waals surface area contributed by atoms with Gasteiger partial charge in [-0.1, -0.05) is 0 Å². The highest BCUT2D eigenvalue weighted by atomic mass is 31.2. The van der Waals surface area contributed by atoms with E-state index in [4.69, 9.17) is 23.3 Å². The first-order valence-corrected chi connectivity index (χ1v) is 10.7. The molecule has 2 rings (SSSR count). The Hall–Kier alpha value is -1.29. The molecule has 2 unspecified atom stereocenters. The van der Waals surface area contributed by atoms with Crippen LogP contribution in [0.3, 0.4) is 0 Å². The highest BCUT2D eigenvalue weighted by Crippen LogP contribution is 2.47. The minimum absolute atomic E-state index is 0.141. The quantitative estimate of drug-likeness (QED) is 0.436. The number of nitrogens with zero attached hydrogens (tertiary/aromatic N) is 1. The average molecular weight is 406 g/mol. The standard InChI is InChI=1S/C16H27N2O8P/c1-4-24-27(21,25-5-2)11-22-8-9-23-14-7-6-13(26-14)18-10-12(3)15(19)17-16(18)20/h10,13-14H,4-9,11H2,1-3H3,(H,17,19,20). The summed E-state index contributed by atoms with van der Waals surface area (Å²) in [6.45, 7) is 6.07. The van der Waals surface area contributed by atoms with Gasteiger partial charge in [-0.25, -0.2) is 4.79 Å². The van der Waals surface area contributed by atoms with E-state index in [1.54, 1.807) is 20.8 Å². The number of nitrogens with one attached hydrogen (secondary N) is 1. The first-order chi connectivity index (χ1) is 12.9. The second-order valence-electron chi connectivity index (χ2n) is 5.93. The number of H-pyrrole nitrogens is 1. The van der Waals surface area contributed by atoms with E-state index in [-0.39, 0.29) is 32.8 Å². The lowest BCUT2D eigenvalue weighted by atomic mass is 10.3. The minimum Gasteiger partial charge on any atom is -0.366 e. The Morgan fingerprint density at radius 1 is 1.22 bits per heavy atom. The third-order valence-corrected chi connectivity index (χ3v) is 5.65. The van der Waals surface area contributed by atoms with Gasteiger partial charge in [-0.05, 0) is 27.2 Å². The predicted molar refractivity (Wildman–Crippen MR) is 96.8 cm³/mol.